The van der Waals surface area contributed by atoms with Crippen LogP contribution in [0.25, 0.3) is 0 Å². The molecule has 18 heavy (non-hydrogen) atoms. The van der Waals surface area contributed by atoms with Crippen molar-refractivity contribution in [2.24, 2.45) is 0 Å². The van der Waals surface area contributed by atoms with Crippen molar-refractivity contribution in [1.82, 2.24) is 0 Å². The van der Waals surface area contributed by atoms with Gasteiger partial charge in [-0.1, -0.05) is 0 Å². The van der Waals surface area contributed by atoms with Crippen molar-refractivity contribution >= 4 is 17.9 Å². The zero-order valence-corrected chi connectivity index (χ0v) is 10.1. The summed E-state index contributed by atoms with van der Waals surface area (Å²) in [6, 6.07) is 0. The Bertz CT molecular complexity index is 433. The van der Waals surface area contributed by atoms with E-state index in [-0.39, 0.29) is 11.5 Å². The number of carbonyl (C=O) groups is 3. The molecule has 0 aromatic carbocycles. The Morgan fingerprint density at radius 1 is 1.00 bits per heavy atom. The van der Waals surface area contributed by atoms with Crippen molar-refractivity contribution in [2.45, 2.75) is 27.1 Å². The third kappa shape index (κ3) is 4.28. The number of esters is 3. The standard InChI is InChI=1S/C11H12O7/c1-6(12)16-9-4-11(18-8(3)14)15-5-10(9)17-7(2)13/h4-5,11H,1-3H3/t11-/m1/s1. The summed E-state index contributed by atoms with van der Waals surface area (Å²) in [4.78, 5) is 32.5. The smallest absolute Gasteiger partial charge is 0.308 e. The predicted molar refractivity (Wildman–Crippen MR) is 56.3 cm³/mol. The first kappa shape index (κ1) is 13.8. The van der Waals surface area contributed by atoms with Crippen LogP contribution in [0.5, 0.6) is 0 Å². The molecule has 0 radical (unpaired) electrons. The van der Waals surface area contributed by atoms with Crippen LogP contribution in [0.4, 0.5) is 0 Å². The zero-order valence-electron chi connectivity index (χ0n) is 10.1. The van der Waals surface area contributed by atoms with Gasteiger partial charge in [-0.25, -0.2) is 0 Å². The fourth-order valence-electron chi connectivity index (χ4n) is 1.13. The van der Waals surface area contributed by atoms with Gasteiger partial charge < -0.3 is 18.9 Å². The lowest BCUT2D eigenvalue weighted by Gasteiger charge is -2.20. The topological polar surface area (TPSA) is 88.1 Å². The first-order chi connectivity index (χ1) is 8.38. The highest BCUT2D eigenvalue weighted by Gasteiger charge is 2.23. The van der Waals surface area contributed by atoms with E-state index in [2.05, 4.69) is 0 Å². The van der Waals surface area contributed by atoms with E-state index < -0.39 is 24.2 Å². The summed E-state index contributed by atoms with van der Waals surface area (Å²) < 4.78 is 19.3. The Morgan fingerprint density at radius 3 is 2.06 bits per heavy atom. The quantitative estimate of drug-likeness (QED) is 0.544. The van der Waals surface area contributed by atoms with Gasteiger partial charge in [-0.05, 0) is 0 Å². The third-order valence-electron chi connectivity index (χ3n) is 1.63. The Labute approximate surface area is 103 Å². The van der Waals surface area contributed by atoms with Crippen LogP contribution in [0.3, 0.4) is 0 Å². The van der Waals surface area contributed by atoms with Gasteiger partial charge >= 0.3 is 17.9 Å². The Balaban J connectivity index is 2.84. The largest absolute Gasteiger partial charge is 0.455 e. The number of hydrogen-bond acceptors (Lipinski definition) is 7. The minimum atomic E-state index is -1.03. The summed E-state index contributed by atoms with van der Waals surface area (Å²) in [6.45, 7) is 3.57. The second-order valence-electron chi connectivity index (χ2n) is 3.31. The lowest BCUT2D eigenvalue weighted by molar-refractivity contribution is -0.161. The van der Waals surface area contributed by atoms with E-state index >= 15 is 0 Å². The highest BCUT2D eigenvalue weighted by molar-refractivity contribution is 5.70. The molecule has 0 N–H and O–H groups in total. The van der Waals surface area contributed by atoms with Gasteiger partial charge in [0.15, 0.2) is 5.76 Å². The summed E-state index contributed by atoms with van der Waals surface area (Å²) in [5.41, 5.74) is 0. The van der Waals surface area contributed by atoms with E-state index in [0.717, 1.165) is 6.26 Å². The molecule has 0 saturated carbocycles. The number of rotatable bonds is 3. The van der Waals surface area contributed by atoms with Crippen LogP contribution in [0.1, 0.15) is 20.8 Å². The summed E-state index contributed by atoms with van der Waals surface area (Å²) in [6.07, 6.45) is 1.21. The van der Waals surface area contributed by atoms with E-state index in [1.54, 1.807) is 0 Å². The van der Waals surface area contributed by atoms with Crippen molar-refractivity contribution in [3.63, 3.8) is 0 Å². The van der Waals surface area contributed by atoms with Crippen LogP contribution in [-0.2, 0) is 33.3 Å². The van der Waals surface area contributed by atoms with Crippen molar-refractivity contribution in [3.05, 3.63) is 23.9 Å². The number of carbonyl (C=O) groups excluding carboxylic acids is 3. The maximum atomic E-state index is 10.9. The van der Waals surface area contributed by atoms with Crippen molar-refractivity contribution in [1.29, 1.82) is 0 Å². The fourth-order valence-corrected chi connectivity index (χ4v) is 1.13. The third-order valence-corrected chi connectivity index (χ3v) is 1.63. The molecule has 7 heteroatoms. The fraction of sp³-hybridized carbons (Fsp3) is 0.364. The molecule has 1 aliphatic heterocycles. The monoisotopic (exact) mass is 256 g/mol. The minimum Gasteiger partial charge on any atom is -0.455 e. The van der Waals surface area contributed by atoms with E-state index in [9.17, 15) is 14.4 Å². The Hall–Kier alpha value is -2.31. The average Bonchev–Trinajstić information content (AvgIpc) is 2.19. The van der Waals surface area contributed by atoms with Gasteiger partial charge in [-0.2, -0.15) is 0 Å². The van der Waals surface area contributed by atoms with Gasteiger partial charge in [-0.15, -0.1) is 0 Å². The van der Waals surface area contributed by atoms with E-state index in [1.807, 2.05) is 0 Å². The van der Waals surface area contributed by atoms with Gasteiger partial charge in [0.2, 0.25) is 5.76 Å². The Morgan fingerprint density at radius 2 is 1.56 bits per heavy atom. The van der Waals surface area contributed by atoms with E-state index in [1.165, 1.54) is 26.8 Å². The van der Waals surface area contributed by atoms with Crippen molar-refractivity contribution in [3.8, 4) is 0 Å². The predicted octanol–water partition coefficient (Wildman–Crippen LogP) is 0.757. The van der Waals surface area contributed by atoms with Gasteiger partial charge in [0.1, 0.15) is 6.26 Å². The molecule has 1 rings (SSSR count). The van der Waals surface area contributed by atoms with Crippen LogP contribution in [0, 0.1) is 0 Å². The number of ether oxygens (including phenoxy) is 4. The maximum Gasteiger partial charge on any atom is 0.308 e. The summed E-state index contributed by atoms with van der Waals surface area (Å²) in [5.74, 6) is -1.89. The van der Waals surface area contributed by atoms with Crippen LogP contribution in [-0.4, -0.2) is 24.2 Å². The normalized spacial score (nSPS) is 17.8. The SMILES string of the molecule is CC(=O)OC1=CO[C@H](OC(C)=O)C=C1OC(C)=O. The molecule has 7 nitrogen and oxygen atoms in total. The van der Waals surface area contributed by atoms with E-state index in [0.29, 0.717) is 0 Å². The first-order valence-electron chi connectivity index (χ1n) is 5.00. The molecule has 0 fully saturated rings. The van der Waals surface area contributed by atoms with Gasteiger partial charge in [0, 0.05) is 26.8 Å². The molecule has 0 unspecified atom stereocenters. The van der Waals surface area contributed by atoms with E-state index in [4.69, 9.17) is 18.9 Å². The number of hydrogen-bond donors (Lipinski definition) is 0. The van der Waals surface area contributed by atoms with Gasteiger partial charge in [-0.3, -0.25) is 14.4 Å². The van der Waals surface area contributed by atoms with Crippen LogP contribution >= 0.6 is 0 Å². The maximum absolute atomic E-state index is 10.9. The first-order valence-corrected chi connectivity index (χ1v) is 5.00. The Kier molecular flexibility index (Phi) is 4.47. The van der Waals surface area contributed by atoms with Crippen molar-refractivity contribution in [2.75, 3.05) is 0 Å². The molecule has 0 aromatic rings. The summed E-state index contributed by atoms with van der Waals surface area (Å²) in [5, 5.41) is 0. The molecule has 0 amide bonds. The van der Waals surface area contributed by atoms with Gasteiger partial charge in [0.05, 0.1) is 0 Å². The molecule has 0 aromatic heterocycles. The van der Waals surface area contributed by atoms with Crippen LogP contribution in [0.15, 0.2) is 23.9 Å². The lowest BCUT2D eigenvalue weighted by Crippen LogP contribution is -2.22. The molecule has 0 aliphatic carbocycles. The van der Waals surface area contributed by atoms with Crippen LogP contribution < -0.4 is 0 Å². The van der Waals surface area contributed by atoms with Gasteiger partial charge in [0.25, 0.3) is 6.29 Å². The average molecular weight is 256 g/mol. The molecule has 1 atom stereocenters. The molecule has 0 spiro atoms. The second-order valence-corrected chi connectivity index (χ2v) is 3.31. The summed E-state index contributed by atoms with van der Waals surface area (Å²) in [7, 11) is 0. The minimum absolute atomic E-state index is 0.0461. The van der Waals surface area contributed by atoms with Crippen LogP contribution in [0.2, 0.25) is 0 Å². The molecular formula is C11H12O7. The summed E-state index contributed by atoms with van der Waals surface area (Å²) >= 11 is 0. The molecular weight excluding hydrogens is 244 g/mol. The lowest BCUT2D eigenvalue weighted by atomic mass is 10.3. The second kappa shape index (κ2) is 5.85. The zero-order chi connectivity index (χ0) is 13.7. The molecule has 0 bridgehead atoms. The highest BCUT2D eigenvalue weighted by Crippen LogP contribution is 2.21. The highest BCUT2D eigenvalue weighted by atomic mass is 16.7. The van der Waals surface area contributed by atoms with Crippen molar-refractivity contribution < 1.29 is 33.3 Å². The molecule has 1 aliphatic rings. The molecule has 1 heterocycles. The molecule has 98 valence electrons. The molecule has 0 saturated heterocycles.